The predicted octanol–water partition coefficient (Wildman–Crippen LogP) is 3.64. The summed E-state index contributed by atoms with van der Waals surface area (Å²) in [6.07, 6.45) is 1.08. The Hall–Kier alpha value is -1.42. The summed E-state index contributed by atoms with van der Waals surface area (Å²) in [5.74, 6) is 0.734. The second-order valence-corrected chi connectivity index (χ2v) is 5.32. The SMILES string of the molecule is CCC(C)NCc1nc2cc(F)ccc2n1C(C)C. The Morgan fingerprint density at radius 1 is 1.32 bits per heavy atom. The number of imidazole rings is 1. The lowest BCUT2D eigenvalue weighted by Gasteiger charge is -2.15. The van der Waals surface area contributed by atoms with Crippen molar-refractivity contribution in [3.63, 3.8) is 0 Å². The maximum Gasteiger partial charge on any atom is 0.125 e. The first-order valence-electron chi connectivity index (χ1n) is 6.92. The van der Waals surface area contributed by atoms with Crippen LogP contribution in [0, 0.1) is 5.82 Å². The van der Waals surface area contributed by atoms with Crippen molar-refractivity contribution in [2.24, 2.45) is 0 Å². The van der Waals surface area contributed by atoms with Crippen LogP contribution in [0.4, 0.5) is 4.39 Å². The molecule has 1 N–H and O–H groups in total. The highest BCUT2D eigenvalue weighted by Crippen LogP contribution is 2.22. The van der Waals surface area contributed by atoms with Crippen molar-refractivity contribution in [2.75, 3.05) is 0 Å². The molecule has 1 aromatic carbocycles. The molecular formula is C15H22FN3. The van der Waals surface area contributed by atoms with Crippen molar-refractivity contribution in [3.05, 3.63) is 29.8 Å². The lowest BCUT2D eigenvalue weighted by Crippen LogP contribution is -2.26. The van der Waals surface area contributed by atoms with Gasteiger partial charge in [0.15, 0.2) is 0 Å². The van der Waals surface area contributed by atoms with Crippen molar-refractivity contribution in [2.45, 2.75) is 52.7 Å². The van der Waals surface area contributed by atoms with Crippen molar-refractivity contribution in [3.8, 4) is 0 Å². The summed E-state index contributed by atoms with van der Waals surface area (Å²) in [5.41, 5.74) is 1.73. The first kappa shape index (κ1) is 14.0. The lowest BCUT2D eigenvalue weighted by atomic mass is 10.2. The predicted molar refractivity (Wildman–Crippen MR) is 76.7 cm³/mol. The third kappa shape index (κ3) is 2.95. The van der Waals surface area contributed by atoms with Crippen LogP contribution in [-0.4, -0.2) is 15.6 Å². The normalized spacial score (nSPS) is 13.4. The molecule has 104 valence electrons. The van der Waals surface area contributed by atoms with Crippen molar-refractivity contribution >= 4 is 11.0 Å². The molecule has 3 nitrogen and oxygen atoms in total. The quantitative estimate of drug-likeness (QED) is 0.892. The second-order valence-electron chi connectivity index (χ2n) is 5.32. The Morgan fingerprint density at radius 3 is 2.68 bits per heavy atom. The number of aromatic nitrogens is 2. The Balaban J connectivity index is 2.38. The number of halogens is 1. The van der Waals surface area contributed by atoms with E-state index in [1.165, 1.54) is 12.1 Å². The van der Waals surface area contributed by atoms with Crippen LogP contribution in [0.5, 0.6) is 0 Å². The Bertz CT molecular complexity index is 560. The highest BCUT2D eigenvalue weighted by Gasteiger charge is 2.14. The summed E-state index contributed by atoms with van der Waals surface area (Å²) in [6, 6.07) is 5.57. The summed E-state index contributed by atoms with van der Waals surface area (Å²) in [4.78, 5) is 4.56. The van der Waals surface area contributed by atoms with Gasteiger partial charge in [-0.3, -0.25) is 0 Å². The van der Waals surface area contributed by atoms with Gasteiger partial charge in [-0.25, -0.2) is 9.37 Å². The van der Waals surface area contributed by atoms with E-state index in [1.54, 1.807) is 0 Å². The third-order valence-electron chi connectivity index (χ3n) is 3.46. The van der Waals surface area contributed by atoms with E-state index in [0.29, 0.717) is 18.6 Å². The fraction of sp³-hybridized carbons (Fsp3) is 0.533. The fourth-order valence-electron chi connectivity index (χ4n) is 2.23. The molecule has 1 heterocycles. The maximum absolute atomic E-state index is 13.3. The van der Waals surface area contributed by atoms with E-state index in [1.807, 2.05) is 6.07 Å². The summed E-state index contributed by atoms with van der Waals surface area (Å²) < 4.78 is 15.5. The van der Waals surface area contributed by atoms with Crippen molar-refractivity contribution in [1.82, 2.24) is 14.9 Å². The van der Waals surface area contributed by atoms with Gasteiger partial charge >= 0.3 is 0 Å². The largest absolute Gasteiger partial charge is 0.324 e. The van der Waals surface area contributed by atoms with Crippen LogP contribution in [0.1, 0.15) is 46.0 Å². The minimum absolute atomic E-state index is 0.234. The van der Waals surface area contributed by atoms with Gasteiger partial charge in [0.1, 0.15) is 11.6 Å². The van der Waals surface area contributed by atoms with Gasteiger partial charge in [0, 0.05) is 18.2 Å². The zero-order valence-corrected chi connectivity index (χ0v) is 12.1. The van der Waals surface area contributed by atoms with Gasteiger partial charge in [-0.05, 0) is 39.3 Å². The van der Waals surface area contributed by atoms with Gasteiger partial charge in [0.2, 0.25) is 0 Å². The highest BCUT2D eigenvalue weighted by molar-refractivity contribution is 5.76. The Kier molecular flexibility index (Phi) is 4.20. The van der Waals surface area contributed by atoms with Gasteiger partial charge in [-0.15, -0.1) is 0 Å². The molecule has 0 bridgehead atoms. The van der Waals surface area contributed by atoms with E-state index in [2.05, 4.69) is 42.6 Å². The molecule has 0 radical (unpaired) electrons. The molecule has 0 amide bonds. The number of nitrogens with zero attached hydrogens (tertiary/aromatic N) is 2. The molecule has 1 atom stereocenters. The molecule has 2 aromatic rings. The molecule has 0 spiro atoms. The minimum Gasteiger partial charge on any atom is -0.324 e. The molecule has 1 aromatic heterocycles. The number of benzene rings is 1. The standard InChI is InChI=1S/C15H22FN3/c1-5-11(4)17-9-15-18-13-8-12(16)6-7-14(13)19(15)10(2)3/h6-8,10-11,17H,5,9H2,1-4H3. The molecular weight excluding hydrogens is 241 g/mol. The lowest BCUT2D eigenvalue weighted by molar-refractivity contribution is 0.496. The summed E-state index contributed by atoms with van der Waals surface area (Å²) in [7, 11) is 0. The number of hydrogen-bond donors (Lipinski definition) is 1. The van der Waals surface area contributed by atoms with E-state index >= 15 is 0 Å². The molecule has 0 aliphatic rings. The van der Waals surface area contributed by atoms with E-state index in [-0.39, 0.29) is 5.82 Å². The molecule has 19 heavy (non-hydrogen) atoms. The molecule has 2 rings (SSSR count). The van der Waals surface area contributed by atoms with Crippen LogP contribution in [-0.2, 0) is 6.54 Å². The zero-order chi connectivity index (χ0) is 14.0. The maximum atomic E-state index is 13.3. The average Bonchev–Trinajstić information content (AvgIpc) is 2.73. The number of nitrogens with one attached hydrogen (secondary N) is 1. The fourth-order valence-corrected chi connectivity index (χ4v) is 2.23. The molecule has 0 aliphatic heterocycles. The molecule has 0 aliphatic carbocycles. The number of fused-ring (bicyclic) bond motifs is 1. The molecule has 1 unspecified atom stereocenters. The van der Waals surface area contributed by atoms with Crippen LogP contribution in [0.3, 0.4) is 0 Å². The van der Waals surface area contributed by atoms with E-state index < -0.39 is 0 Å². The van der Waals surface area contributed by atoms with Crippen LogP contribution in [0.25, 0.3) is 11.0 Å². The van der Waals surface area contributed by atoms with Gasteiger partial charge in [0.05, 0.1) is 17.6 Å². The minimum atomic E-state index is -0.234. The van der Waals surface area contributed by atoms with Gasteiger partial charge in [-0.2, -0.15) is 0 Å². The summed E-state index contributed by atoms with van der Waals surface area (Å²) in [6.45, 7) is 9.26. The Morgan fingerprint density at radius 2 is 2.05 bits per heavy atom. The summed E-state index contributed by atoms with van der Waals surface area (Å²) in [5, 5.41) is 3.44. The molecule has 4 heteroatoms. The molecule has 0 saturated heterocycles. The number of hydrogen-bond acceptors (Lipinski definition) is 2. The van der Waals surface area contributed by atoms with Crippen LogP contribution in [0.15, 0.2) is 18.2 Å². The zero-order valence-electron chi connectivity index (χ0n) is 12.1. The van der Waals surface area contributed by atoms with Crippen molar-refractivity contribution in [1.29, 1.82) is 0 Å². The van der Waals surface area contributed by atoms with Crippen molar-refractivity contribution < 1.29 is 4.39 Å². The van der Waals surface area contributed by atoms with Gasteiger partial charge in [-0.1, -0.05) is 6.92 Å². The summed E-state index contributed by atoms with van der Waals surface area (Å²) >= 11 is 0. The Labute approximate surface area is 113 Å². The van der Waals surface area contributed by atoms with Gasteiger partial charge < -0.3 is 9.88 Å². The first-order valence-corrected chi connectivity index (χ1v) is 6.92. The highest BCUT2D eigenvalue weighted by atomic mass is 19.1. The number of rotatable bonds is 5. The van der Waals surface area contributed by atoms with Crippen LogP contribution >= 0.6 is 0 Å². The average molecular weight is 263 g/mol. The van der Waals surface area contributed by atoms with Gasteiger partial charge in [0.25, 0.3) is 0 Å². The second kappa shape index (κ2) is 5.70. The van der Waals surface area contributed by atoms with E-state index in [9.17, 15) is 4.39 Å². The van der Waals surface area contributed by atoms with Crippen LogP contribution < -0.4 is 5.32 Å². The molecule has 0 saturated carbocycles. The van der Waals surface area contributed by atoms with E-state index in [0.717, 1.165) is 23.3 Å². The third-order valence-corrected chi connectivity index (χ3v) is 3.46. The van der Waals surface area contributed by atoms with Crippen LogP contribution in [0.2, 0.25) is 0 Å². The smallest absolute Gasteiger partial charge is 0.125 e. The molecule has 0 fully saturated rings. The topological polar surface area (TPSA) is 29.9 Å². The van der Waals surface area contributed by atoms with E-state index in [4.69, 9.17) is 0 Å². The monoisotopic (exact) mass is 263 g/mol. The first-order chi connectivity index (χ1) is 9.02.